The fourth-order valence-electron chi connectivity index (χ4n) is 3.09. The zero-order valence-corrected chi connectivity index (χ0v) is 18.2. The summed E-state index contributed by atoms with van der Waals surface area (Å²) in [7, 11) is 1.61. The van der Waals surface area contributed by atoms with Crippen LogP contribution in [0.3, 0.4) is 0 Å². The minimum Gasteiger partial charge on any atom is -0.497 e. The van der Waals surface area contributed by atoms with Gasteiger partial charge in [0.05, 0.1) is 19.7 Å². The van der Waals surface area contributed by atoms with Gasteiger partial charge in [-0.2, -0.15) is 5.10 Å². The van der Waals surface area contributed by atoms with Gasteiger partial charge in [-0.3, -0.25) is 4.79 Å². The molecule has 0 aliphatic heterocycles. The number of hydrazone groups is 1. The van der Waals surface area contributed by atoms with Crippen LogP contribution in [0, 0.1) is 17.4 Å². The number of methoxy groups -OCH3 is 1. The average Bonchev–Trinajstić information content (AvgIpc) is 2.96. The Kier molecular flexibility index (Phi) is 6.51. The first-order chi connectivity index (χ1) is 13.5. The first-order valence-electron chi connectivity index (χ1n) is 8.87. The fraction of sp³-hybridized carbons (Fsp3) is 0.182. The van der Waals surface area contributed by atoms with E-state index in [1.165, 1.54) is 3.57 Å². The molecule has 3 rings (SSSR count). The Bertz CT molecular complexity index is 1010. The summed E-state index contributed by atoms with van der Waals surface area (Å²) in [6.07, 6.45) is 1.94. The zero-order valence-electron chi connectivity index (χ0n) is 16.1. The van der Waals surface area contributed by atoms with Crippen molar-refractivity contribution in [2.45, 2.75) is 20.3 Å². The van der Waals surface area contributed by atoms with E-state index in [1.807, 2.05) is 31.2 Å². The van der Waals surface area contributed by atoms with Crippen molar-refractivity contribution in [2.75, 3.05) is 7.11 Å². The third-order valence-corrected chi connectivity index (χ3v) is 5.17. The molecule has 6 heteroatoms. The van der Waals surface area contributed by atoms with E-state index in [0.29, 0.717) is 0 Å². The van der Waals surface area contributed by atoms with Crippen molar-refractivity contribution in [3.63, 3.8) is 0 Å². The predicted octanol–water partition coefficient (Wildman–Crippen LogP) is 4.40. The van der Waals surface area contributed by atoms with Crippen LogP contribution in [-0.2, 0) is 11.2 Å². The highest BCUT2D eigenvalue weighted by Gasteiger charge is 2.09. The molecule has 0 atom stereocenters. The molecular weight excluding hydrogens is 465 g/mol. The van der Waals surface area contributed by atoms with Gasteiger partial charge in [0.25, 0.3) is 0 Å². The molecule has 2 aromatic carbocycles. The minimum absolute atomic E-state index is 0.170. The van der Waals surface area contributed by atoms with Crippen LogP contribution < -0.4 is 10.2 Å². The van der Waals surface area contributed by atoms with E-state index in [1.54, 1.807) is 13.3 Å². The molecule has 0 radical (unpaired) electrons. The van der Waals surface area contributed by atoms with Gasteiger partial charge in [-0.25, -0.2) is 5.43 Å². The molecule has 0 saturated carbocycles. The molecular formula is C22H22IN3O2. The number of carbonyl (C=O) groups excluding carboxylic acids is 1. The van der Waals surface area contributed by atoms with E-state index in [-0.39, 0.29) is 12.3 Å². The van der Waals surface area contributed by atoms with Gasteiger partial charge in [-0.1, -0.05) is 12.1 Å². The number of nitrogens with one attached hydrogen (secondary N) is 1. The van der Waals surface area contributed by atoms with Crippen molar-refractivity contribution < 1.29 is 9.53 Å². The monoisotopic (exact) mass is 487 g/mol. The summed E-state index contributed by atoms with van der Waals surface area (Å²) in [4.78, 5) is 12.1. The minimum atomic E-state index is -0.170. The zero-order chi connectivity index (χ0) is 20.1. The largest absolute Gasteiger partial charge is 0.497 e. The van der Waals surface area contributed by atoms with E-state index in [0.717, 1.165) is 34.0 Å². The highest BCUT2D eigenvalue weighted by atomic mass is 127. The van der Waals surface area contributed by atoms with Gasteiger partial charge in [0.15, 0.2) is 0 Å². The van der Waals surface area contributed by atoms with Crippen LogP contribution in [-0.4, -0.2) is 23.8 Å². The van der Waals surface area contributed by atoms with Crippen LogP contribution in [0.15, 0.2) is 59.7 Å². The Morgan fingerprint density at radius 3 is 2.64 bits per heavy atom. The average molecular weight is 487 g/mol. The second-order valence-electron chi connectivity index (χ2n) is 6.46. The lowest BCUT2D eigenvalue weighted by molar-refractivity contribution is -0.120. The quantitative estimate of drug-likeness (QED) is 0.319. The summed E-state index contributed by atoms with van der Waals surface area (Å²) in [6, 6.07) is 17.9. The predicted molar refractivity (Wildman–Crippen MR) is 120 cm³/mol. The lowest BCUT2D eigenvalue weighted by Gasteiger charge is -2.09. The molecule has 0 aliphatic carbocycles. The number of hydrogen-bond donors (Lipinski definition) is 1. The van der Waals surface area contributed by atoms with Gasteiger partial charge in [0.2, 0.25) is 5.91 Å². The Morgan fingerprint density at radius 1 is 1.18 bits per heavy atom. The smallest absolute Gasteiger partial charge is 0.244 e. The second kappa shape index (κ2) is 9.05. The molecule has 0 spiro atoms. The molecule has 0 aliphatic rings. The Balaban J connectivity index is 1.68. The van der Waals surface area contributed by atoms with Crippen LogP contribution in [0.5, 0.6) is 5.75 Å². The number of rotatable bonds is 6. The van der Waals surface area contributed by atoms with Crippen molar-refractivity contribution in [3.8, 4) is 11.4 Å². The van der Waals surface area contributed by atoms with Crippen molar-refractivity contribution in [1.29, 1.82) is 0 Å². The number of aromatic nitrogens is 1. The molecule has 1 aromatic heterocycles. The first kappa shape index (κ1) is 20.1. The summed E-state index contributed by atoms with van der Waals surface area (Å²) in [5, 5.41) is 4.13. The summed E-state index contributed by atoms with van der Waals surface area (Å²) < 4.78 is 8.56. The van der Waals surface area contributed by atoms with E-state index < -0.39 is 0 Å². The van der Waals surface area contributed by atoms with Gasteiger partial charge >= 0.3 is 0 Å². The van der Waals surface area contributed by atoms with Gasteiger partial charge in [0.1, 0.15) is 5.75 Å². The van der Waals surface area contributed by atoms with Crippen molar-refractivity contribution in [1.82, 2.24) is 9.99 Å². The number of aryl methyl sites for hydroxylation is 1. The molecule has 0 saturated heterocycles. The number of hydrogen-bond acceptors (Lipinski definition) is 3. The van der Waals surface area contributed by atoms with Crippen LogP contribution in [0.25, 0.3) is 5.69 Å². The topological polar surface area (TPSA) is 55.6 Å². The highest BCUT2D eigenvalue weighted by molar-refractivity contribution is 14.1. The standard InChI is InChI=1S/C22H22IN3O2/c1-15-11-18(16(2)26(15)20-9-7-19(23)8-10-20)14-24-25-22(27)13-17-5-4-6-21(12-17)28-3/h4-12,14H,13H2,1-3H3,(H,25,27)/b24-14+. The highest BCUT2D eigenvalue weighted by Crippen LogP contribution is 2.20. The van der Waals surface area contributed by atoms with Crippen molar-refractivity contribution >= 4 is 34.7 Å². The van der Waals surface area contributed by atoms with Gasteiger partial charge in [-0.05, 0) is 84.5 Å². The lowest BCUT2D eigenvalue weighted by atomic mass is 10.1. The van der Waals surface area contributed by atoms with Crippen molar-refractivity contribution in [3.05, 3.63) is 80.7 Å². The SMILES string of the molecule is COc1cccc(CC(=O)N/N=C/c2cc(C)n(-c3ccc(I)cc3)c2C)c1. The van der Waals surface area contributed by atoms with E-state index in [4.69, 9.17) is 4.74 Å². The summed E-state index contributed by atoms with van der Waals surface area (Å²) >= 11 is 2.30. The van der Waals surface area contributed by atoms with E-state index in [9.17, 15) is 4.79 Å². The first-order valence-corrected chi connectivity index (χ1v) is 9.95. The van der Waals surface area contributed by atoms with Gasteiger partial charge in [0, 0.05) is 26.2 Å². The number of nitrogens with zero attached hydrogens (tertiary/aromatic N) is 2. The molecule has 0 bridgehead atoms. The number of amides is 1. The summed E-state index contributed by atoms with van der Waals surface area (Å²) in [5.74, 6) is 0.563. The summed E-state index contributed by atoms with van der Waals surface area (Å²) in [6.45, 7) is 4.11. The maximum absolute atomic E-state index is 12.1. The molecule has 1 N–H and O–H groups in total. The summed E-state index contributed by atoms with van der Waals surface area (Å²) in [5.41, 5.74) is 7.74. The fourth-order valence-corrected chi connectivity index (χ4v) is 3.45. The van der Waals surface area contributed by atoms with Gasteiger partial charge < -0.3 is 9.30 Å². The molecule has 0 fully saturated rings. The van der Waals surface area contributed by atoms with Crippen molar-refractivity contribution in [2.24, 2.45) is 5.10 Å². The normalized spacial score (nSPS) is 11.0. The molecule has 0 unspecified atom stereocenters. The van der Waals surface area contributed by atoms with Gasteiger partial charge in [-0.15, -0.1) is 0 Å². The van der Waals surface area contributed by atoms with Crippen LogP contribution in [0.2, 0.25) is 0 Å². The Hall–Kier alpha value is -2.61. The Morgan fingerprint density at radius 2 is 1.93 bits per heavy atom. The number of halogens is 1. The molecule has 3 aromatic rings. The van der Waals surface area contributed by atoms with E-state index >= 15 is 0 Å². The lowest BCUT2D eigenvalue weighted by Crippen LogP contribution is -2.19. The maximum Gasteiger partial charge on any atom is 0.244 e. The van der Waals surface area contributed by atoms with Crippen LogP contribution in [0.1, 0.15) is 22.5 Å². The number of ether oxygens (including phenoxy) is 1. The molecule has 5 nitrogen and oxygen atoms in total. The second-order valence-corrected chi connectivity index (χ2v) is 7.71. The number of carbonyl (C=O) groups is 1. The third kappa shape index (κ3) is 4.81. The molecule has 144 valence electrons. The maximum atomic E-state index is 12.1. The van der Waals surface area contributed by atoms with E-state index in [2.05, 4.69) is 74.9 Å². The molecule has 1 amide bonds. The molecule has 28 heavy (non-hydrogen) atoms. The third-order valence-electron chi connectivity index (χ3n) is 4.45. The van der Waals surface area contributed by atoms with Crippen LogP contribution >= 0.6 is 22.6 Å². The Labute approximate surface area is 178 Å². The number of benzene rings is 2. The van der Waals surface area contributed by atoms with Crippen LogP contribution in [0.4, 0.5) is 0 Å². The molecule has 1 heterocycles.